The maximum Gasteiger partial charge on any atom is 0.296 e. The minimum absolute atomic E-state index is 0.103. The summed E-state index contributed by atoms with van der Waals surface area (Å²) >= 11 is 0. The van der Waals surface area contributed by atoms with Gasteiger partial charge in [-0.1, -0.05) is 6.07 Å². The van der Waals surface area contributed by atoms with Gasteiger partial charge in [0.1, 0.15) is 5.82 Å². The van der Waals surface area contributed by atoms with Crippen LogP contribution in [-0.4, -0.2) is 23.2 Å². The Morgan fingerprint density at radius 2 is 2.00 bits per heavy atom. The average molecular weight is 290 g/mol. The fourth-order valence-corrected chi connectivity index (χ4v) is 2.52. The van der Waals surface area contributed by atoms with Gasteiger partial charge in [0.15, 0.2) is 5.82 Å². The lowest BCUT2D eigenvalue weighted by Gasteiger charge is -2.04. The van der Waals surface area contributed by atoms with E-state index in [1.54, 1.807) is 13.0 Å². The minimum atomic E-state index is -4.00. The molecule has 0 atom stereocenters. The van der Waals surface area contributed by atoms with Crippen molar-refractivity contribution in [1.82, 2.24) is 14.8 Å². The molecule has 18 heavy (non-hydrogen) atoms. The topological polar surface area (TPSA) is 64.8 Å². The van der Waals surface area contributed by atoms with Gasteiger partial charge >= 0.3 is 0 Å². The fraction of sp³-hybridized carbons (Fsp3) is 0.200. The third-order valence-electron chi connectivity index (χ3n) is 2.42. The zero-order chi connectivity index (χ0) is 13.5. The second-order valence-electron chi connectivity index (χ2n) is 3.79. The van der Waals surface area contributed by atoms with E-state index in [2.05, 4.69) is 10.2 Å². The molecule has 2 rings (SSSR count). The van der Waals surface area contributed by atoms with Crippen LogP contribution in [0.2, 0.25) is 0 Å². The summed E-state index contributed by atoms with van der Waals surface area (Å²) in [5.74, 6) is -0.393. The van der Waals surface area contributed by atoms with Gasteiger partial charge in [0, 0.05) is 17.7 Å². The van der Waals surface area contributed by atoms with E-state index in [1.165, 1.54) is 19.2 Å². The van der Waals surface area contributed by atoms with Crippen LogP contribution in [-0.2, 0) is 16.1 Å². The van der Waals surface area contributed by atoms with Crippen molar-refractivity contribution in [3.8, 4) is 11.4 Å². The van der Waals surface area contributed by atoms with Crippen molar-refractivity contribution in [2.75, 3.05) is 0 Å². The molecular formula is C10H9ClFN3O2S. The average Bonchev–Trinajstić information content (AvgIpc) is 2.60. The van der Waals surface area contributed by atoms with Crippen LogP contribution in [0.5, 0.6) is 0 Å². The van der Waals surface area contributed by atoms with Crippen LogP contribution in [0.4, 0.5) is 4.39 Å². The molecule has 0 aliphatic heterocycles. The standard InChI is InChI=1S/C10H9ClFN3O2S/c1-6-3-4-7(8(12)5-6)9-13-14-10(15(9)2)18(11,16)17/h3-5H,1-2H3. The van der Waals surface area contributed by atoms with Crippen molar-refractivity contribution in [2.45, 2.75) is 12.1 Å². The predicted octanol–water partition coefficient (Wildman–Crippen LogP) is 1.86. The van der Waals surface area contributed by atoms with Gasteiger partial charge in [0.25, 0.3) is 14.2 Å². The smallest absolute Gasteiger partial charge is 0.296 e. The summed E-state index contributed by atoms with van der Waals surface area (Å²) in [5.41, 5.74) is 0.922. The number of rotatable bonds is 2. The molecule has 0 aliphatic carbocycles. The lowest BCUT2D eigenvalue weighted by molar-refractivity contribution is 0.592. The first-order chi connectivity index (χ1) is 8.30. The van der Waals surface area contributed by atoms with E-state index in [-0.39, 0.29) is 11.4 Å². The maximum atomic E-state index is 13.8. The predicted molar refractivity (Wildman–Crippen MR) is 64.2 cm³/mol. The summed E-state index contributed by atoms with van der Waals surface area (Å²) < 4.78 is 37.3. The highest BCUT2D eigenvalue weighted by Gasteiger charge is 2.22. The van der Waals surface area contributed by atoms with Crippen LogP contribution < -0.4 is 0 Å². The van der Waals surface area contributed by atoms with Crippen LogP contribution >= 0.6 is 10.7 Å². The molecule has 0 aliphatic rings. The molecule has 5 nitrogen and oxygen atoms in total. The number of hydrogen-bond donors (Lipinski definition) is 0. The van der Waals surface area contributed by atoms with Crippen LogP contribution in [0.25, 0.3) is 11.4 Å². The SMILES string of the molecule is Cc1ccc(-c2nnc(S(=O)(=O)Cl)n2C)c(F)c1. The number of halogens is 2. The lowest BCUT2D eigenvalue weighted by Crippen LogP contribution is -2.03. The molecule has 8 heteroatoms. The minimum Gasteiger partial charge on any atom is -0.300 e. The highest BCUT2D eigenvalue weighted by molar-refractivity contribution is 8.13. The Bertz CT molecular complexity index is 712. The van der Waals surface area contributed by atoms with Gasteiger partial charge < -0.3 is 0 Å². The monoisotopic (exact) mass is 289 g/mol. The van der Waals surface area contributed by atoms with Gasteiger partial charge in [-0.3, -0.25) is 4.57 Å². The van der Waals surface area contributed by atoms with Gasteiger partial charge in [-0.05, 0) is 24.6 Å². The fourth-order valence-electron chi connectivity index (χ4n) is 1.56. The van der Waals surface area contributed by atoms with Crippen LogP contribution in [0.3, 0.4) is 0 Å². The zero-order valence-electron chi connectivity index (χ0n) is 9.55. The van der Waals surface area contributed by atoms with E-state index < -0.39 is 20.0 Å². The van der Waals surface area contributed by atoms with Crippen molar-refractivity contribution < 1.29 is 12.8 Å². The molecule has 0 saturated heterocycles. The molecule has 1 heterocycles. The van der Waals surface area contributed by atoms with Crippen LogP contribution in [0, 0.1) is 12.7 Å². The Hall–Kier alpha value is -1.47. The normalized spacial score (nSPS) is 11.8. The highest BCUT2D eigenvalue weighted by Crippen LogP contribution is 2.24. The lowest BCUT2D eigenvalue weighted by atomic mass is 10.1. The molecule has 0 N–H and O–H groups in total. The van der Waals surface area contributed by atoms with Crippen molar-refractivity contribution in [2.24, 2.45) is 7.05 Å². The third kappa shape index (κ3) is 2.23. The summed E-state index contributed by atoms with van der Waals surface area (Å²) in [6.45, 7) is 1.75. The van der Waals surface area contributed by atoms with E-state index >= 15 is 0 Å². The molecular weight excluding hydrogens is 281 g/mol. The van der Waals surface area contributed by atoms with E-state index in [4.69, 9.17) is 10.7 Å². The number of hydrogen-bond acceptors (Lipinski definition) is 4. The number of aryl methyl sites for hydroxylation is 1. The Morgan fingerprint density at radius 3 is 2.50 bits per heavy atom. The maximum absolute atomic E-state index is 13.8. The van der Waals surface area contributed by atoms with Gasteiger partial charge in [0.2, 0.25) is 0 Å². The first-order valence-corrected chi connectivity index (χ1v) is 7.22. The van der Waals surface area contributed by atoms with Crippen molar-refractivity contribution in [3.05, 3.63) is 29.6 Å². The second-order valence-corrected chi connectivity index (χ2v) is 6.25. The molecule has 96 valence electrons. The van der Waals surface area contributed by atoms with Gasteiger partial charge in [-0.15, -0.1) is 10.2 Å². The number of aromatic nitrogens is 3. The number of benzene rings is 1. The molecule has 0 fully saturated rings. The Morgan fingerprint density at radius 1 is 1.33 bits per heavy atom. The van der Waals surface area contributed by atoms with Crippen LogP contribution in [0.15, 0.2) is 23.4 Å². The largest absolute Gasteiger partial charge is 0.300 e. The quantitative estimate of drug-likeness (QED) is 0.792. The van der Waals surface area contributed by atoms with Gasteiger partial charge in [-0.25, -0.2) is 12.8 Å². The van der Waals surface area contributed by atoms with E-state index in [9.17, 15) is 12.8 Å². The first-order valence-electron chi connectivity index (χ1n) is 4.91. The number of nitrogens with zero attached hydrogens (tertiary/aromatic N) is 3. The summed E-state index contributed by atoms with van der Waals surface area (Å²) in [4.78, 5) is 0. The van der Waals surface area contributed by atoms with Crippen molar-refractivity contribution in [3.63, 3.8) is 0 Å². The van der Waals surface area contributed by atoms with Crippen LogP contribution in [0.1, 0.15) is 5.56 Å². The van der Waals surface area contributed by atoms with Crippen molar-refractivity contribution >= 4 is 19.7 Å². The Labute approximate surface area is 108 Å². The Kier molecular flexibility index (Phi) is 3.12. The van der Waals surface area contributed by atoms with Crippen molar-refractivity contribution in [1.29, 1.82) is 0 Å². The first kappa shape index (κ1) is 13.0. The summed E-state index contributed by atoms with van der Waals surface area (Å²) in [6.07, 6.45) is 0. The zero-order valence-corrected chi connectivity index (χ0v) is 11.1. The third-order valence-corrected chi connectivity index (χ3v) is 3.62. The molecule has 0 spiro atoms. The molecule has 2 aromatic rings. The molecule has 0 unspecified atom stereocenters. The van der Waals surface area contributed by atoms with E-state index in [0.717, 1.165) is 10.1 Å². The molecule has 0 radical (unpaired) electrons. The molecule has 1 aromatic carbocycles. The van der Waals surface area contributed by atoms with Gasteiger partial charge in [-0.2, -0.15) is 0 Å². The van der Waals surface area contributed by atoms with E-state index in [1.807, 2.05) is 0 Å². The summed E-state index contributed by atoms with van der Waals surface area (Å²) in [7, 11) is 2.59. The molecule has 1 aromatic heterocycles. The second kappa shape index (κ2) is 4.33. The Balaban J connectivity index is 2.63. The highest BCUT2D eigenvalue weighted by atomic mass is 35.7. The van der Waals surface area contributed by atoms with Gasteiger partial charge in [0.05, 0.1) is 5.56 Å². The summed E-state index contributed by atoms with van der Waals surface area (Å²) in [5, 5.41) is 6.69. The van der Waals surface area contributed by atoms with E-state index in [0.29, 0.717) is 0 Å². The molecule has 0 amide bonds. The molecule has 0 bridgehead atoms. The summed E-state index contributed by atoms with van der Waals surface area (Å²) in [6, 6.07) is 4.54. The molecule has 0 saturated carbocycles.